The monoisotopic (exact) mass is 383 g/mol. The lowest BCUT2D eigenvalue weighted by molar-refractivity contribution is -0.146. The van der Waals surface area contributed by atoms with Crippen LogP contribution < -0.4 is 9.47 Å². The fraction of sp³-hybridized carbons (Fsp3) is 0.409. The van der Waals surface area contributed by atoms with E-state index in [1.54, 1.807) is 12.1 Å². The standard InChI is InChI=1S/C22H25NO5/c24-19-8-7-16(11-17(19)13-23-9-3-4-10-23)12-22(25)27-15-18-14-26-20-5-1-2-6-21(20)28-18/h1-2,5-8,11,18,24H,3-4,9-10,12-15H2/t18-/m0/s1. The molecule has 1 atom stereocenters. The number of nitrogens with zero attached hydrogens (tertiary/aromatic N) is 1. The van der Waals surface area contributed by atoms with Gasteiger partial charge < -0.3 is 19.3 Å². The molecule has 4 rings (SSSR count). The van der Waals surface area contributed by atoms with Gasteiger partial charge in [-0.15, -0.1) is 0 Å². The summed E-state index contributed by atoms with van der Waals surface area (Å²) in [6.07, 6.45) is 2.25. The summed E-state index contributed by atoms with van der Waals surface area (Å²) in [6, 6.07) is 12.8. The molecule has 2 aromatic carbocycles. The molecule has 1 N–H and O–H groups in total. The number of aromatic hydroxyl groups is 1. The summed E-state index contributed by atoms with van der Waals surface area (Å²) in [5.41, 5.74) is 1.69. The highest BCUT2D eigenvalue weighted by molar-refractivity contribution is 5.72. The maximum atomic E-state index is 12.2. The van der Waals surface area contributed by atoms with Gasteiger partial charge in [0, 0.05) is 12.1 Å². The number of likely N-dealkylation sites (tertiary alicyclic amines) is 1. The average molecular weight is 383 g/mol. The van der Waals surface area contributed by atoms with Gasteiger partial charge in [-0.25, -0.2) is 0 Å². The minimum Gasteiger partial charge on any atom is -0.508 e. The Morgan fingerprint density at radius 1 is 1.14 bits per heavy atom. The quantitative estimate of drug-likeness (QED) is 0.774. The van der Waals surface area contributed by atoms with Crippen LogP contribution in [-0.4, -0.2) is 48.4 Å². The molecule has 0 amide bonds. The zero-order valence-electron chi connectivity index (χ0n) is 15.8. The fourth-order valence-electron chi connectivity index (χ4n) is 3.61. The minimum atomic E-state index is -0.319. The topological polar surface area (TPSA) is 68.2 Å². The number of rotatable bonds is 6. The van der Waals surface area contributed by atoms with Crippen LogP contribution in [0.2, 0.25) is 0 Å². The molecule has 6 heteroatoms. The largest absolute Gasteiger partial charge is 0.508 e. The third-order valence-corrected chi connectivity index (χ3v) is 5.08. The third-order valence-electron chi connectivity index (χ3n) is 5.08. The van der Waals surface area contributed by atoms with Gasteiger partial charge in [-0.1, -0.05) is 24.3 Å². The van der Waals surface area contributed by atoms with Gasteiger partial charge in [-0.3, -0.25) is 9.69 Å². The number of esters is 1. The van der Waals surface area contributed by atoms with Gasteiger partial charge in [0.1, 0.15) is 19.0 Å². The smallest absolute Gasteiger partial charge is 0.310 e. The van der Waals surface area contributed by atoms with E-state index < -0.39 is 0 Å². The van der Waals surface area contributed by atoms with Crippen molar-refractivity contribution in [2.45, 2.75) is 31.9 Å². The van der Waals surface area contributed by atoms with Crippen LogP contribution in [0.3, 0.4) is 0 Å². The highest BCUT2D eigenvalue weighted by atomic mass is 16.6. The van der Waals surface area contributed by atoms with Crippen molar-refractivity contribution in [3.63, 3.8) is 0 Å². The molecule has 1 saturated heterocycles. The molecular formula is C22H25NO5. The van der Waals surface area contributed by atoms with E-state index in [2.05, 4.69) is 4.90 Å². The van der Waals surface area contributed by atoms with Gasteiger partial charge in [-0.05, 0) is 49.7 Å². The Morgan fingerprint density at radius 2 is 1.93 bits per heavy atom. The Bertz CT molecular complexity index is 831. The summed E-state index contributed by atoms with van der Waals surface area (Å²) < 4.78 is 16.8. The molecule has 0 spiro atoms. The van der Waals surface area contributed by atoms with Gasteiger partial charge in [0.2, 0.25) is 0 Å². The van der Waals surface area contributed by atoms with Gasteiger partial charge in [0.05, 0.1) is 6.42 Å². The van der Waals surface area contributed by atoms with Crippen LogP contribution in [0.15, 0.2) is 42.5 Å². The lowest BCUT2D eigenvalue weighted by Crippen LogP contribution is -2.34. The Morgan fingerprint density at radius 3 is 2.75 bits per heavy atom. The van der Waals surface area contributed by atoms with E-state index >= 15 is 0 Å². The lowest BCUT2D eigenvalue weighted by atomic mass is 10.1. The van der Waals surface area contributed by atoms with Crippen LogP contribution in [0.4, 0.5) is 0 Å². The van der Waals surface area contributed by atoms with Crippen LogP contribution in [0, 0.1) is 0 Å². The molecule has 0 radical (unpaired) electrons. The predicted molar refractivity (Wildman–Crippen MR) is 104 cm³/mol. The normalized spacial score (nSPS) is 18.8. The lowest BCUT2D eigenvalue weighted by Gasteiger charge is -2.26. The molecule has 1 fully saturated rings. The second-order valence-corrected chi connectivity index (χ2v) is 7.30. The van der Waals surface area contributed by atoms with E-state index in [-0.39, 0.29) is 30.9 Å². The Labute approximate surface area is 164 Å². The molecule has 2 heterocycles. The van der Waals surface area contributed by atoms with Crippen molar-refractivity contribution in [3.8, 4) is 17.2 Å². The number of hydrogen-bond donors (Lipinski definition) is 1. The maximum absolute atomic E-state index is 12.2. The highest BCUT2D eigenvalue weighted by Gasteiger charge is 2.22. The zero-order valence-corrected chi connectivity index (χ0v) is 15.8. The summed E-state index contributed by atoms with van der Waals surface area (Å²) in [6.45, 7) is 3.31. The third kappa shape index (κ3) is 4.57. The molecular weight excluding hydrogens is 358 g/mol. The first-order valence-electron chi connectivity index (χ1n) is 9.74. The van der Waals surface area contributed by atoms with Gasteiger partial charge in [-0.2, -0.15) is 0 Å². The fourth-order valence-corrected chi connectivity index (χ4v) is 3.61. The average Bonchev–Trinajstić information content (AvgIpc) is 3.22. The number of ether oxygens (including phenoxy) is 3. The van der Waals surface area contributed by atoms with E-state index in [1.165, 1.54) is 12.8 Å². The summed E-state index contributed by atoms with van der Waals surface area (Å²) in [5, 5.41) is 10.1. The summed E-state index contributed by atoms with van der Waals surface area (Å²) in [7, 11) is 0. The van der Waals surface area contributed by atoms with Crippen molar-refractivity contribution < 1.29 is 24.1 Å². The minimum absolute atomic E-state index is 0.145. The molecule has 0 aliphatic carbocycles. The van der Waals surface area contributed by atoms with Crippen molar-refractivity contribution in [2.75, 3.05) is 26.3 Å². The molecule has 28 heavy (non-hydrogen) atoms. The molecule has 0 unspecified atom stereocenters. The van der Waals surface area contributed by atoms with Crippen molar-refractivity contribution in [2.24, 2.45) is 0 Å². The van der Waals surface area contributed by atoms with Crippen LogP contribution in [0.5, 0.6) is 17.2 Å². The molecule has 0 aromatic heterocycles. The molecule has 0 saturated carbocycles. The number of phenolic OH excluding ortho intramolecular Hbond substituents is 1. The number of fused-ring (bicyclic) bond motifs is 1. The van der Waals surface area contributed by atoms with Crippen LogP contribution in [0.25, 0.3) is 0 Å². The van der Waals surface area contributed by atoms with E-state index in [1.807, 2.05) is 30.3 Å². The highest BCUT2D eigenvalue weighted by Crippen LogP contribution is 2.31. The second-order valence-electron chi connectivity index (χ2n) is 7.30. The molecule has 2 aliphatic heterocycles. The summed E-state index contributed by atoms with van der Waals surface area (Å²) in [4.78, 5) is 14.6. The molecule has 2 aliphatic rings. The summed E-state index contributed by atoms with van der Waals surface area (Å²) >= 11 is 0. The number of benzene rings is 2. The zero-order chi connectivity index (χ0) is 19.3. The van der Waals surface area contributed by atoms with Crippen molar-refractivity contribution >= 4 is 5.97 Å². The SMILES string of the molecule is O=C(Cc1ccc(O)c(CN2CCCC2)c1)OC[C@@H]1COc2ccccc2O1. The van der Waals surface area contributed by atoms with Crippen LogP contribution in [0.1, 0.15) is 24.0 Å². The Kier molecular flexibility index (Phi) is 5.67. The van der Waals surface area contributed by atoms with Crippen LogP contribution >= 0.6 is 0 Å². The number of carbonyl (C=O) groups excluding carboxylic acids is 1. The van der Waals surface area contributed by atoms with E-state index in [9.17, 15) is 9.90 Å². The van der Waals surface area contributed by atoms with Gasteiger partial charge >= 0.3 is 5.97 Å². The number of para-hydroxylation sites is 2. The number of carbonyl (C=O) groups is 1. The van der Waals surface area contributed by atoms with E-state index in [4.69, 9.17) is 14.2 Å². The Balaban J connectivity index is 1.29. The first kappa shape index (κ1) is 18.6. The van der Waals surface area contributed by atoms with Crippen molar-refractivity contribution in [1.29, 1.82) is 0 Å². The Hall–Kier alpha value is -2.73. The molecule has 148 valence electrons. The second kappa shape index (κ2) is 8.52. The molecule has 6 nitrogen and oxygen atoms in total. The first-order valence-corrected chi connectivity index (χ1v) is 9.74. The van der Waals surface area contributed by atoms with Gasteiger partial charge in [0.15, 0.2) is 17.6 Å². The van der Waals surface area contributed by atoms with E-state index in [0.717, 1.165) is 24.2 Å². The number of phenols is 1. The first-order chi connectivity index (χ1) is 13.7. The maximum Gasteiger partial charge on any atom is 0.310 e. The van der Waals surface area contributed by atoms with Gasteiger partial charge in [0.25, 0.3) is 0 Å². The van der Waals surface area contributed by atoms with Crippen LogP contribution in [-0.2, 0) is 22.5 Å². The molecule has 2 aromatic rings. The number of hydrogen-bond acceptors (Lipinski definition) is 6. The van der Waals surface area contributed by atoms with Crippen molar-refractivity contribution in [1.82, 2.24) is 4.90 Å². The predicted octanol–water partition coefficient (Wildman–Crippen LogP) is 2.91. The van der Waals surface area contributed by atoms with E-state index in [0.29, 0.717) is 24.7 Å². The molecule has 0 bridgehead atoms. The summed E-state index contributed by atoms with van der Waals surface area (Å²) in [5.74, 6) is 1.33. The van der Waals surface area contributed by atoms with Crippen molar-refractivity contribution in [3.05, 3.63) is 53.6 Å².